The minimum absolute atomic E-state index is 0.00879. The summed E-state index contributed by atoms with van der Waals surface area (Å²) in [6.07, 6.45) is 5.34. The van der Waals surface area contributed by atoms with E-state index < -0.39 is 0 Å². The summed E-state index contributed by atoms with van der Waals surface area (Å²) in [7, 11) is 0. The first-order valence-electron chi connectivity index (χ1n) is 8.92. The number of likely N-dealkylation sites (N-methyl/N-ethyl adjacent to an activating group) is 1. The lowest BCUT2D eigenvalue weighted by molar-refractivity contribution is -0.134. The van der Waals surface area contributed by atoms with Crippen molar-refractivity contribution in [2.45, 2.75) is 71.9 Å². The van der Waals surface area contributed by atoms with Crippen LogP contribution in [-0.4, -0.2) is 35.0 Å². The van der Waals surface area contributed by atoms with E-state index >= 15 is 0 Å². The van der Waals surface area contributed by atoms with E-state index in [9.17, 15) is 4.79 Å². The van der Waals surface area contributed by atoms with Gasteiger partial charge < -0.3 is 9.64 Å². The van der Waals surface area contributed by atoms with Gasteiger partial charge in [-0.3, -0.25) is 4.79 Å². The normalized spacial score (nSPS) is 22.8. The summed E-state index contributed by atoms with van der Waals surface area (Å²) in [5.74, 6) is 0.823. The molecule has 0 aromatic carbocycles. The molecule has 0 bridgehead atoms. The minimum atomic E-state index is 0.00879. The van der Waals surface area contributed by atoms with Crippen molar-refractivity contribution >= 4 is 17.2 Å². The Kier molecular flexibility index (Phi) is 7.03. The van der Waals surface area contributed by atoms with Gasteiger partial charge in [-0.25, -0.2) is 4.98 Å². The van der Waals surface area contributed by atoms with Crippen LogP contribution in [0.4, 0.5) is 0 Å². The Labute approximate surface area is 144 Å². The molecule has 23 heavy (non-hydrogen) atoms. The molecule has 1 saturated carbocycles. The van der Waals surface area contributed by atoms with E-state index in [1.54, 1.807) is 11.3 Å². The van der Waals surface area contributed by atoms with Crippen LogP contribution in [0.2, 0.25) is 0 Å². The third-order valence-electron chi connectivity index (χ3n) is 4.79. The van der Waals surface area contributed by atoms with Crippen molar-refractivity contribution in [3.05, 3.63) is 16.1 Å². The number of carbonyl (C=O) groups excluding carboxylic acids is 1. The highest BCUT2D eigenvalue weighted by atomic mass is 32.1. The number of ether oxygens (including phenoxy) is 1. The molecule has 5 heteroatoms. The molecule has 4 nitrogen and oxygen atoms in total. The molecule has 2 rings (SSSR count). The Morgan fingerprint density at radius 1 is 1.43 bits per heavy atom. The number of rotatable bonds is 7. The lowest BCUT2D eigenvalue weighted by atomic mass is 9.84. The monoisotopic (exact) mass is 338 g/mol. The van der Waals surface area contributed by atoms with Gasteiger partial charge in [0.25, 0.3) is 0 Å². The molecule has 130 valence electrons. The second kappa shape index (κ2) is 8.78. The molecular weight excluding hydrogens is 308 g/mol. The molecule has 0 radical (unpaired) electrons. The fraction of sp³-hybridized carbons (Fsp3) is 0.778. The van der Waals surface area contributed by atoms with E-state index in [2.05, 4.69) is 23.7 Å². The highest BCUT2D eigenvalue weighted by Gasteiger charge is 2.29. The van der Waals surface area contributed by atoms with Gasteiger partial charge in [0.2, 0.25) is 5.91 Å². The van der Waals surface area contributed by atoms with Gasteiger partial charge in [0.15, 0.2) is 0 Å². The zero-order chi connectivity index (χ0) is 16.8. The van der Waals surface area contributed by atoms with Crippen molar-refractivity contribution in [3.63, 3.8) is 0 Å². The first-order chi connectivity index (χ1) is 11.1. The maximum Gasteiger partial charge on any atom is 0.228 e. The third-order valence-corrected chi connectivity index (χ3v) is 5.85. The molecule has 0 N–H and O–H groups in total. The van der Waals surface area contributed by atoms with E-state index in [4.69, 9.17) is 4.74 Å². The van der Waals surface area contributed by atoms with E-state index in [1.165, 1.54) is 19.3 Å². The topological polar surface area (TPSA) is 42.4 Å². The number of thiazole rings is 1. The summed E-state index contributed by atoms with van der Waals surface area (Å²) >= 11 is 1.59. The molecule has 1 aromatic rings. The van der Waals surface area contributed by atoms with Crippen LogP contribution in [0.5, 0.6) is 0 Å². The molecule has 1 aromatic heterocycles. The summed E-state index contributed by atoms with van der Waals surface area (Å²) in [5.41, 5.74) is 0.878. The molecule has 1 amide bonds. The van der Waals surface area contributed by atoms with Gasteiger partial charge in [-0.05, 0) is 39.5 Å². The van der Waals surface area contributed by atoms with Crippen LogP contribution < -0.4 is 0 Å². The van der Waals surface area contributed by atoms with Gasteiger partial charge in [-0.1, -0.05) is 19.8 Å². The van der Waals surface area contributed by atoms with E-state index in [0.29, 0.717) is 25.0 Å². The molecule has 1 heterocycles. The average molecular weight is 339 g/mol. The van der Waals surface area contributed by atoms with Gasteiger partial charge in [0.1, 0.15) is 11.1 Å². The number of hydrogen-bond donors (Lipinski definition) is 0. The predicted octanol–water partition coefficient (Wildman–Crippen LogP) is 4.21. The Morgan fingerprint density at radius 2 is 2.17 bits per heavy atom. The number of amides is 1. The maximum absolute atomic E-state index is 12.8. The Morgan fingerprint density at radius 3 is 2.83 bits per heavy atom. The maximum atomic E-state index is 12.8. The highest BCUT2D eigenvalue weighted by Crippen LogP contribution is 2.29. The summed E-state index contributed by atoms with van der Waals surface area (Å²) in [6.45, 7) is 9.83. The van der Waals surface area contributed by atoms with Crippen LogP contribution in [-0.2, 0) is 16.0 Å². The molecular formula is C18H30N2O2S. The van der Waals surface area contributed by atoms with Crippen LogP contribution in [0, 0.1) is 5.92 Å². The van der Waals surface area contributed by atoms with Crippen LogP contribution in [0.1, 0.15) is 70.2 Å². The fourth-order valence-corrected chi connectivity index (χ4v) is 4.35. The smallest absolute Gasteiger partial charge is 0.228 e. The van der Waals surface area contributed by atoms with Crippen LogP contribution in [0.15, 0.2) is 5.38 Å². The van der Waals surface area contributed by atoms with Gasteiger partial charge in [0.05, 0.1) is 12.1 Å². The SMILES string of the molecule is CCO[C@H](C)c1nc(CC(=O)N(CC)[C@@H]2CCCC[C@@H]2C)cs1. The van der Waals surface area contributed by atoms with Crippen LogP contribution in [0.3, 0.4) is 0 Å². The molecule has 3 atom stereocenters. The summed E-state index contributed by atoms with van der Waals surface area (Å²) in [6, 6.07) is 0.404. The van der Waals surface area contributed by atoms with Crippen molar-refractivity contribution in [3.8, 4) is 0 Å². The van der Waals surface area contributed by atoms with E-state index in [1.807, 2.05) is 19.2 Å². The van der Waals surface area contributed by atoms with Gasteiger partial charge >= 0.3 is 0 Å². The highest BCUT2D eigenvalue weighted by molar-refractivity contribution is 7.09. The quantitative estimate of drug-likeness (QED) is 0.748. The molecule has 0 saturated heterocycles. The summed E-state index contributed by atoms with van der Waals surface area (Å²) in [4.78, 5) is 19.4. The molecule has 0 spiro atoms. The zero-order valence-electron chi connectivity index (χ0n) is 14.9. The van der Waals surface area contributed by atoms with Crippen molar-refractivity contribution in [1.29, 1.82) is 0 Å². The number of hydrogen-bond acceptors (Lipinski definition) is 4. The number of aromatic nitrogens is 1. The van der Waals surface area contributed by atoms with Gasteiger partial charge in [-0.15, -0.1) is 11.3 Å². The Hall–Kier alpha value is -0.940. The van der Waals surface area contributed by atoms with Crippen molar-refractivity contribution in [2.75, 3.05) is 13.2 Å². The standard InChI is InChI=1S/C18H30N2O2S/c1-5-20(16-10-8-7-9-13(16)3)17(21)11-15-12-23-18(19-15)14(4)22-6-2/h12-14,16H,5-11H2,1-4H3/t13-,14+,16+/m0/s1. The molecule has 1 aliphatic rings. The van der Waals surface area contributed by atoms with Crippen LogP contribution >= 0.6 is 11.3 Å². The fourth-order valence-electron chi connectivity index (χ4n) is 3.52. The minimum Gasteiger partial charge on any atom is -0.372 e. The van der Waals surface area contributed by atoms with Gasteiger partial charge in [0, 0.05) is 24.6 Å². The first-order valence-corrected chi connectivity index (χ1v) is 9.80. The predicted molar refractivity (Wildman–Crippen MR) is 94.7 cm³/mol. The third kappa shape index (κ3) is 4.77. The lowest BCUT2D eigenvalue weighted by Gasteiger charge is -2.38. The molecule has 0 aliphatic heterocycles. The number of carbonyl (C=O) groups is 1. The summed E-state index contributed by atoms with van der Waals surface area (Å²) in [5, 5.41) is 2.96. The second-order valence-electron chi connectivity index (χ2n) is 6.46. The lowest BCUT2D eigenvalue weighted by Crippen LogP contribution is -2.45. The van der Waals surface area contributed by atoms with E-state index in [0.717, 1.165) is 23.7 Å². The van der Waals surface area contributed by atoms with Crippen molar-refractivity contribution in [1.82, 2.24) is 9.88 Å². The number of nitrogens with zero attached hydrogens (tertiary/aromatic N) is 2. The zero-order valence-corrected chi connectivity index (χ0v) is 15.7. The van der Waals surface area contributed by atoms with E-state index in [-0.39, 0.29) is 12.0 Å². The molecule has 1 fully saturated rings. The second-order valence-corrected chi connectivity index (χ2v) is 7.35. The largest absolute Gasteiger partial charge is 0.372 e. The summed E-state index contributed by atoms with van der Waals surface area (Å²) < 4.78 is 5.58. The van der Waals surface area contributed by atoms with Crippen molar-refractivity contribution in [2.24, 2.45) is 5.92 Å². The molecule has 0 unspecified atom stereocenters. The first kappa shape index (κ1) is 18.4. The Balaban J connectivity index is 1.99. The van der Waals surface area contributed by atoms with Crippen LogP contribution in [0.25, 0.3) is 0 Å². The average Bonchev–Trinajstić information content (AvgIpc) is 2.99. The Bertz CT molecular complexity index is 503. The molecule has 1 aliphatic carbocycles. The van der Waals surface area contributed by atoms with Crippen molar-refractivity contribution < 1.29 is 9.53 Å². The van der Waals surface area contributed by atoms with Gasteiger partial charge in [-0.2, -0.15) is 0 Å².